The summed E-state index contributed by atoms with van der Waals surface area (Å²) in [5.41, 5.74) is 4.44. The smallest absolute Gasteiger partial charge is 0.287 e. The van der Waals surface area contributed by atoms with Crippen molar-refractivity contribution in [3.05, 3.63) is 81.2 Å². The number of nitrogens with one attached hydrogen (secondary N) is 1. The molecular weight excluding hydrogens is 372 g/mol. The van der Waals surface area contributed by atoms with Crippen molar-refractivity contribution in [2.75, 3.05) is 5.43 Å². The molecule has 24 heavy (non-hydrogen) atoms. The van der Waals surface area contributed by atoms with E-state index in [9.17, 15) is 9.90 Å². The van der Waals surface area contributed by atoms with Crippen LogP contribution in [0, 0.1) is 0 Å². The van der Waals surface area contributed by atoms with Gasteiger partial charge in [0.1, 0.15) is 10.2 Å². The molecule has 0 atom stereocenters. The van der Waals surface area contributed by atoms with Crippen molar-refractivity contribution in [1.82, 2.24) is 9.78 Å². The second-order valence-electron chi connectivity index (χ2n) is 4.89. The summed E-state index contributed by atoms with van der Waals surface area (Å²) in [6, 6.07) is 15.7. The Kier molecular flexibility index (Phi) is 4.72. The van der Waals surface area contributed by atoms with E-state index >= 15 is 0 Å². The van der Waals surface area contributed by atoms with E-state index in [2.05, 4.69) is 31.6 Å². The van der Waals surface area contributed by atoms with Gasteiger partial charge in [0, 0.05) is 0 Å². The van der Waals surface area contributed by atoms with Crippen molar-refractivity contribution in [3.63, 3.8) is 0 Å². The van der Waals surface area contributed by atoms with Gasteiger partial charge in [0.25, 0.3) is 5.56 Å². The molecule has 0 saturated carbocycles. The largest absolute Gasteiger partial charge is 0.508 e. The van der Waals surface area contributed by atoms with Gasteiger partial charge in [0.15, 0.2) is 0 Å². The number of hydrogen-bond donors (Lipinski definition) is 2. The van der Waals surface area contributed by atoms with Gasteiger partial charge in [0.2, 0.25) is 0 Å². The maximum Gasteiger partial charge on any atom is 0.287 e. The number of anilines is 1. The summed E-state index contributed by atoms with van der Waals surface area (Å²) in [6.07, 6.45) is 3.10. The molecule has 3 rings (SSSR count). The molecule has 1 heterocycles. The zero-order valence-electron chi connectivity index (χ0n) is 12.4. The third-order valence-electron chi connectivity index (χ3n) is 3.21. The molecule has 1 aromatic heterocycles. The Hall–Kier alpha value is -2.93. The van der Waals surface area contributed by atoms with Crippen LogP contribution in [0.4, 0.5) is 5.69 Å². The Balaban J connectivity index is 1.81. The first kappa shape index (κ1) is 15.9. The topological polar surface area (TPSA) is 79.5 Å². The molecule has 0 saturated heterocycles. The van der Waals surface area contributed by atoms with Gasteiger partial charge in [-0.15, -0.1) is 0 Å². The van der Waals surface area contributed by atoms with Gasteiger partial charge < -0.3 is 5.11 Å². The maximum atomic E-state index is 12.4. The van der Waals surface area contributed by atoms with Gasteiger partial charge in [-0.3, -0.25) is 10.2 Å². The molecule has 0 spiro atoms. The monoisotopic (exact) mass is 384 g/mol. The average Bonchev–Trinajstić information content (AvgIpc) is 2.61. The van der Waals surface area contributed by atoms with Gasteiger partial charge in [0.05, 0.1) is 23.8 Å². The SMILES string of the molecule is O=c1c(Br)c(N/N=C\c2ccc(O)cc2)cnn1-c1ccccc1. The lowest BCUT2D eigenvalue weighted by Crippen LogP contribution is -2.22. The van der Waals surface area contributed by atoms with Gasteiger partial charge >= 0.3 is 0 Å². The van der Waals surface area contributed by atoms with Crippen molar-refractivity contribution >= 4 is 27.8 Å². The summed E-state index contributed by atoms with van der Waals surface area (Å²) in [4.78, 5) is 12.4. The van der Waals surface area contributed by atoms with E-state index in [4.69, 9.17) is 0 Å². The van der Waals surface area contributed by atoms with Gasteiger partial charge in [-0.1, -0.05) is 18.2 Å². The summed E-state index contributed by atoms with van der Waals surface area (Å²) in [5, 5.41) is 17.5. The van der Waals surface area contributed by atoms with Gasteiger partial charge in [-0.25, -0.2) is 0 Å². The van der Waals surface area contributed by atoms with E-state index in [1.807, 2.05) is 18.2 Å². The molecule has 0 radical (unpaired) electrons. The van der Waals surface area contributed by atoms with E-state index < -0.39 is 0 Å². The number of rotatable bonds is 4. The third-order valence-corrected chi connectivity index (χ3v) is 3.98. The third kappa shape index (κ3) is 3.52. The summed E-state index contributed by atoms with van der Waals surface area (Å²) >= 11 is 3.28. The Morgan fingerprint density at radius 1 is 1.12 bits per heavy atom. The standard InChI is InChI=1S/C17H13BrN4O2/c18-16-15(21-19-10-12-6-8-14(23)9-7-12)11-20-22(17(16)24)13-4-2-1-3-5-13/h1-11,21,23H/b19-10-. The first-order valence-electron chi connectivity index (χ1n) is 7.06. The molecule has 0 aliphatic heterocycles. The lowest BCUT2D eigenvalue weighted by Gasteiger charge is -2.07. The molecular formula is C17H13BrN4O2. The summed E-state index contributed by atoms with van der Waals surface area (Å²) in [6.45, 7) is 0. The highest BCUT2D eigenvalue weighted by Crippen LogP contribution is 2.17. The normalized spacial score (nSPS) is 10.9. The fraction of sp³-hybridized carbons (Fsp3) is 0. The number of phenols is 1. The van der Waals surface area contributed by atoms with Gasteiger partial charge in [-0.05, 0) is 57.9 Å². The predicted molar refractivity (Wildman–Crippen MR) is 96.9 cm³/mol. The van der Waals surface area contributed by atoms with Crippen LogP contribution in [0.3, 0.4) is 0 Å². The molecule has 120 valence electrons. The second kappa shape index (κ2) is 7.10. The number of benzene rings is 2. The molecule has 0 amide bonds. The molecule has 0 aliphatic carbocycles. The van der Waals surface area contributed by atoms with Crippen LogP contribution in [0.2, 0.25) is 0 Å². The number of phenolic OH excluding ortho intramolecular Hbond substituents is 1. The minimum absolute atomic E-state index is 0.191. The van der Waals surface area contributed by atoms with Crippen LogP contribution in [-0.2, 0) is 0 Å². The minimum Gasteiger partial charge on any atom is -0.508 e. The number of aromatic hydroxyl groups is 1. The minimum atomic E-state index is -0.286. The molecule has 2 N–H and O–H groups in total. The first-order chi connectivity index (χ1) is 11.6. The Bertz CT molecular complexity index is 922. The first-order valence-corrected chi connectivity index (χ1v) is 7.86. The van der Waals surface area contributed by atoms with Crippen molar-refractivity contribution in [3.8, 4) is 11.4 Å². The van der Waals surface area contributed by atoms with E-state index in [0.717, 1.165) is 5.56 Å². The molecule has 7 heteroatoms. The van der Waals surface area contributed by atoms with Gasteiger partial charge in [-0.2, -0.15) is 14.9 Å². The fourth-order valence-electron chi connectivity index (χ4n) is 2.00. The fourth-order valence-corrected chi connectivity index (χ4v) is 2.36. The lowest BCUT2D eigenvalue weighted by atomic mass is 10.2. The van der Waals surface area contributed by atoms with Crippen LogP contribution in [0.5, 0.6) is 5.75 Å². The zero-order chi connectivity index (χ0) is 16.9. The quantitative estimate of drug-likeness (QED) is 0.534. The average molecular weight is 385 g/mol. The number of hydrazone groups is 1. The molecule has 0 bridgehead atoms. The van der Waals surface area contributed by atoms with Crippen LogP contribution >= 0.6 is 15.9 Å². The number of hydrogen-bond acceptors (Lipinski definition) is 5. The summed E-state index contributed by atoms with van der Waals surface area (Å²) in [7, 11) is 0. The van der Waals surface area contributed by atoms with Crippen LogP contribution in [0.1, 0.15) is 5.56 Å². The maximum absolute atomic E-state index is 12.4. The molecule has 6 nitrogen and oxygen atoms in total. The highest BCUT2D eigenvalue weighted by molar-refractivity contribution is 9.10. The van der Waals surface area contributed by atoms with Crippen molar-refractivity contribution in [2.24, 2.45) is 5.10 Å². The van der Waals surface area contributed by atoms with Crippen molar-refractivity contribution in [1.29, 1.82) is 0 Å². The molecule has 2 aromatic carbocycles. The number of nitrogens with zero attached hydrogens (tertiary/aromatic N) is 3. The zero-order valence-corrected chi connectivity index (χ0v) is 14.0. The Morgan fingerprint density at radius 3 is 2.54 bits per heavy atom. The molecule has 0 aliphatic rings. The molecule has 0 fully saturated rings. The Morgan fingerprint density at radius 2 is 1.83 bits per heavy atom. The van der Waals surface area contributed by atoms with Crippen molar-refractivity contribution < 1.29 is 5.11 Å². The van der Waals surface area contributed by atoms with Crippen molar-refractivity contribution in [2.45, 2.75) is 0 Å². The van der Waals surface area contributed by atoms with Crippen LogP contribution < -0.4 is 11.0 Å². The lowest BCUT2D eigenvalue weighted by molar-refractivity contribution is 0.475. The van der Waals surface area contributed by atoms with Crippen LogP contribution in [0.15, 0.2) is 75.2 Å². The second-order valence-corrected chi connectivity index (χ2v) is 5.68. The van der Waals surface area contributed by atoms with Crippen LogP contribution in [0.25, 0.3) is 5.69 Å². The number of para-hydroxylation sites is 1. The van der Waals surface area contributed by atoms with E-state index in [0.29, 0.717) is 15.8 Å². The highest BCUT2D eigenvalue weighted by atomic mass is 79.9. The van der Waals surface area contributed by atoms with E-state index in [-0.39, 0.29) is 11.3 Å². The predicted octanol–water partition coefficient (Wildman–Crippen LogP) is 3.15. The van der Waals surface area contributed by atoms with E-state index in [1.54, 1.807) is 42.6 Å². The van der Waals surface area contributed by atoms with Crippen LogP contribution in [-0.4, -0.2) is 21.1 Å². The summed E-state index contributed by atoms with van der Waals surface area (Å²) in [5.74, 6) is 0.191. The number of halogens is 1. The Labute approximate surface area is 146 Å². The van der Waals surface area contributed by atoms with E-state index in [1.165, 1.54) is 10.9 Å². The highest BCUT2D eigenvalue weighted by Gasteiger charge is 2.09. The summed E-state index contributed by atoms with van der Waals surface area (Å²) < 4.78 is 1.64. The molecule has 0 unspecified atom stereocenters. The number of aromatic nitrogens is 2. The molecule has 3 aromatic rings.